The molecule has 1 atom stereocenters. The lowest BCUT2D eigenvalue weighted by molar-refractivity contribution is 0.0751. The summed E-state index contributed by atoms with van der Waals surface area (Å²) >= 11 is 1.37. The van der Waals surface area contributed by atoms with Gasteiger partial charge in [0.1, 0.15) is 0 Å². The molecule has 0 fully saturated rings. The highest BCUT2D eigenvalue weighted by atomic mass is 32.1. The third-order valence-electron chi connectivity index (χ3n) is 2.80. The number of amides is 1. The maximum absolute atomic E-state index is 12.3. The number of rotatable bonds is 3. The molecule has 0 aliphatic rings. The van der Waals surface area contributed by atoms with Crippen molar-refractivity contribution in [1.29, 1.82) is 5.26 Å². The molecule has 1 aromatic rings. The minimum atomic E-state index is -0.0986. The van der Waals surface area contributed by atoms with Gasteiger partial charge >= 0.3 is 0 Å². The molecule has 0 radical (unpaired) electrons. The zero-order chi connectivity index (χ0) is 14.4. The van der Waals surface area contributed by atoms with Crippen LogP contribution in [0, 0.1) is 30.1 Å². The highest BCUT2D eigenvalue weighted by Crippen LogP contribution is 2.23. The van der Waals surface area contributed by atoms with Crippen molar-refractivity contribution in [3.63, 3.8) is 0 Å². The molecule has 2 N–H and O–H groups in total. The lowest BCUT2D eigenvalue weighted by atomic mass is 10.2. The first-order chi connectivity index (χ1) is 9.01. The summed E-state index contributed by atoms with van der Waals surface area (Å²) in [5.41, 5.74) is 6.32. The van der Waals surface area contributed by atoms with Gasteiger partial charge in [-0.15, -0.1) is 11.3 Å². The summed E-state index contributed by atoms with van der Waals surface area (Å²) in [7, 11) is 1.71. The minimum absolute atomic E-state index is 0.0725. The van der Waals surface area contributed by atoms with Crippen LogP contribution >= 0.6 is 11.3 Å². The van der Waals surface area contributed by atoms with E-state index in [-0.39, 0.29) is 11.9 Å². The van der Waals surface area contributed by atoms with E-state index in [1.807, 2.05) is 19.9 Å². The molecular formula is C14H17N3OS. The second-order valence-electron chi connectivity index (χ2n) is 4.26. The summed E-state index contributed by atoms with van der Waals surface area (Å²) in [4.78, 5) is 15.4. The maximum atomic E-state index is 12.3. The summed E-state index contributed by atoms with van der Waals surface area (Å²) in [6.45, 7) is 4.09. The van der Waals surface area contributed by atoms with Gasteiger partial charge in [0.05, 0.1) is 28.8 Å². The second-order valence-corrected chi connectivity index (χ2v) is 5.31. The fraction of sp³-hybridized carbons (Fsp3) is 0.429. The van der Waals surface area contributed by atoms with E-state index in [4.69, 9.17) is 11.0 Å². The Hall–Kier alpha value is -1.82. The molecule has 1 aromatic heterocycles. The van der Waals surface area contributed by atoms with Crippen LogP contribution < -0.4 is 5.73 Å². The van der Waals surface area contributed by atoms with E-state index in [2.05, 4.69) is 17.9 Å². The average Bonchev–Trinajstić information content (AvgIpc) is 2.76. The van der Waals surface area contributed by atoms with Gasteiger partial charge < -0.3 is 10.6 Å². The number of hydrogen-bond acceptors (Lipinski definition) is 4. The average molecular weight is 275 g/mol. The molecule has 0 bridgehead atoms. The van der Waals surface area contributed by atoms with Crippen LogP contribution in [-0.4, -0.2) is 30.4 Å². The van der Waals surface area contributed by atoms with Crippen molar-refractivity contribution in [2.75, 3.05) is 13.6 Å². The summed E-state index contributed by atoms with van der Waals surface area (Å²) < 4.78 is 0. The Labute approximate surface area is 117 Å². The van der Waals surface area contributed by atoms with Crippen molar-refractivity contribution in [3.05, 3.63) is 21.4 Å². The molecule has 1 unspecified atom stereocenters. The van der Waals surface area contributed by atoms with E-state index in [9.17, 15) is 4.79 Å². The number of hydrogen-bond donors (Lipinski definition) is 1. The fourth-order valence-electron chi connectivity index (χ4n) is 1.49. The molecule has 1 rings (SSSR count). The fourth-order valence-corrected chi connectivity index (χ4v) is 2.52. The molecule has 0 aromatic carbocycles. The van der Waals surface area contributed by atoms with E-state index in [0.29, 0.717) is 17.8 Å². The SMILES string of the molecule is Cc1cc(C(=O)N(C)C(C)CC#N)sc1C#CCN. The molecule has 0 spiro atoms. The van der Waals surface area contributed by atoms with Crippen molar-refractivity contribution in [3.8, 4) is 17.9 Å². The van der Waals surface area contributed by atoms with E-state index in [1.54, 1.807) is 11.9 Å². The van der Waals surface area contributed by atoms with Crippen LogP contribution in [0.25, 0.3) is 0 Å². The number of nitrogens with zero attached hydrogens (tertiary/aromatic N) is 2. The number of nitrogens with two attached hydrogens (primary N) is 1. The normalized spacial score (nSPS) is 11.1. The predicted molar refractivity (Wildman–Crippen MR) is 76.8 cm³/mol. The van der Waals surface area contributed by atoms with Gasteiger partial charge in [0.15, 0.2) is 0 Å². The maximum Gasteiger partial charge on any atom is 0.263 e. The van der Waals surface area contributed by atoms with Crippen LogP contribution in [0.5, 0.6) is 0 Å². The third kappa shape index (κ3) is 3.82. The first-order valence-corrected chi connectivity index (χ1v) is 6.76. The van der Waals surface area contributed by atoms with Crippen LogP contribution in [0.3, 0.4) is 0 Å². The highest BCUT2D eigenvalue weighted by Gasteiger charge is 2.19. The number of nitriles is 1. The van der Waals surface area contributed by atoms with Crippen molar-refractivity contribution in [2.45, 2.75) is 26.3 Å². The van der Waals surface area contributed by atoms with E-state index in [0.717, 1.165) is 10.4 Å². The number of aryl methyl sites for hydroxylation is 1. The Morgan fingerprint density at radius 3 is 2.89 bits per heavy atom. The van der Waals surface area contributed by atoms with Gasteiger partial charge in [-0.25, -0.2) is 0 Å². The quantitative estimate of drug-likeness (QED) is 0.854. The van der Waals surface area contributed by atoms with Gasteiger partial charge in [-0.2, -0.15) is 5.26 Å². The largest absolute Gasteiger partial charge is 0.337 e. The lowest BCUT2D eigenvalue weighted by Gasteiger charge is -2.22. The van der Waals surface area contributed by atoms with Crippen LogP contribution in [0.2, 0.25) is 0 Å². The Morgan fingerprint density at radius 2 is 2.32 bits per heavy atom. The molecule has 0 aliphatic carbocycles. The van der Waals surface area contributed by atoms with Crippen LogP contribution in [0.15, 0.2) is 6.07 Å². The minimum Gasteiger partial charge on any atom is -0.337 e. The van der Waals surface area contributed by atoms with Crippen LogP contribution in [-0.2, 0) is 0 Å². The Balaban J connectivity index is 2.92. The zero-order valence-electron chi connectivity index (χ0n) is 11.4. The Kier molecular flexibility index (Phi) is 5.57. The van der Waals surface area contributed by atoms with E-state index < -0.39 is 0 Å². The van der Waals surface area contributed by atoms with Gasteiger partial charge in [-0.3, -0.25) is 4.79 Å². The van der Waals surface area contributed by atoms with Crippen molar-refractivity contribution in [1.82, 2.24) is 4.90 Å². The molecular weight excluding hydrogens is 258 g/mol. The molecule has 0 aliphatic heterocycles. The number of thiophene rings is 1. The Bertz CT molecular complexity index is 559. The summed E-state index contributed by atoms with van der Waals surface area (Å²) in [6.07, 6.45) is 0.326. The second kappa shape index (κ2) is 6.94. The summed E-state index contributed by atoms with van der Waals surface area (Å²) in [5.74, 6) is 5.68. The van der Waals surface area contributed by atoms with Crippen molar-refractivity contribution >= 4 is 17.2 Å². The highest BCUT2D eigenvalue weighted by molar-refractivity contribution is 7.14. The molecule has 0 saturated heterocycles. The van der Waals surface area contributed by atoms with Crippen LogP contribution in [0.1, 0.15) is 33.5 Å². The third-order valence-corrected chi connectivity index (χ3v) is 3.94. The predicted octanol–water partition coefficient (Wildman–Crippen LogP) is 1.74. The monoisotopic (exact) mass is 275 g/mol. The molecule has 5 heteroatoms. The Morgan fingerprint density at radius 1 is 1.63 bits per heavy atom. The number of carbonyl (C=O) groups excluding carboxylic acids is 1. The lowest BCUT2D eigenvalue weighted by Crippen LogP contribution is -2.34. The molecule has 100 valence electrons. The smallest absolute Gasteiger partial charge is 0.263 e. The molecule has 1 heterocycles. The summed E-state index contributed by atoms with van der Waals surface area (Å²) in [6, 6.07) is 3.81. The molecule has 19 heavy (non-hydrogen) atoms. The molecule has 4 nitrogen and oxygen atoms in total. The first kappa shape index (κ1) is 15.2. The van der Waals surface area contributed by atoms with Gasteiger partial charge in [0, 0.05) is 13.1 Å². The zero-order valence-corrected chi connectivity index (χ0v) is 12.2. The molecule has 0 saturated carbocycles. The number of carbonyl (C=O) groups is 1. The topological polar surface area (TPSA) is 70.1 Å². The van der Waals surface area contributed by atoms with E-state index in [1.165, 1.54) is 11.3 Å². The van der Waals surface area contributed by atoms with Gasteiger partial charge in [0.2, 0.25) is 0 Å². The van der Waals surface area contributed by atoms with Gasteiger partial charge in [-0.05, 0) is 25.5 Å². The van der Waals surface area contributed by atoms with Crippen LogP contribution in [0.4, 0.5) is 0 Å². The first-order valence-electron chi connectivity index (χ1n) is 5.94. The van der Waals surface area contributed by atoms with Gasteiger partial charge in [0.25, 0.3) is 5.91 Å². The van der Waals surface area contributed by atoms with Crippen molar-refractivity contribution in [2.24, 2.45) is 5.73 Å². The molecule has 1 amide bonds. The van der Waals surface area contributed by atoms with E-state index >= 15 is 0 Å². The van der Waals surface area contributed by atoms with Crippen molar-refractivity contribution < 1.29 is 4.79 Å². The summed E-state index contributed by atoms with van der Waals surface area (Å²) in [5, 5.41) is 8.67. The standard InChI is InChI=1S/C14H17N3OS/c1-10-9-13(19-12(10)5-4-7-15)14(18)17(3)11(2)6-8-16/h9,11H,6-7,15H2,1-3H3. The van der Waals surface area contributed by atoms with Gasteiger partial charge in [-0.1, -0.05) is 11.8 Å².